The Balaban J connectivity index is 1.94. The molecule has 0 bridgehead atoms. The van der Waals surface area contributed by atoms with Gasteiger partial charge in [0.2, 0.25) is 5.88 Å². The van der Waals surface area contributed by atoms with Crippen LogP contribution in [0, 0.1) is 0 Å². The second kappa shape index (κ2) is 6.02. The van der Waals surface area contributed by atoms with E-state index >= 15 is 0 Å². The first-order chi connectivity index (χ1) is 8.66. The molecule has 1 fully saturated rings. The number of pyridine rings is 1. The number of carbonyl (C=O) groups is 1. The van der Waals surface area contributed by atoms with Gasteiger partial charge in [0, 0.05) is 12.8 Å². The molecular formula is C12H14ClNO4. The number of carboxylic acids is 1. The van der Waals surface area contributed by atoms with Crippen molar-refractivity contribution in [3.63, 3.8) is 0 Å². The van der Waals surface area contributed by atoms with Crippen LogP contribution in [0.2, 0.25) is 5.02 Å². The van der Waals surface area contributed by atoms with Crippen LogP contribution in [-0.4, -0.2) is 35.4 Å². The molecule has 0 spiro atoms. The highest BCUT2D eigenvalue weighted by Gasteiger charge is 2.16. The standard InChI is InChI=1S/C12H14ClNO4/c13-10-5-8(12(15)16)6-14-11(10)18-7-9-3-1-2-4-17-9/h5-6,9H,1-4,7H2,(H,15,16). The fourth-order valence-electron chi connectivity index (χ4n) is 1.76. The van der Waals surface area contributed by atoms with Crippen LogP contribution in [0.1, 0.15) is 29.6 Å². The van der Waals surface area contributed by atoms with E-state index in [4.69, 9.17) is 26.2 Å². The minimum absolute atomic E-state index is 0.0428. The smallest absolute Gasteiger partial charge is 0.337 e. The maximum Gasteiger partial charge on any atom is 0.337 e. The van der Waals surface area contributed by atoms with Crippen LogP contribution < -0.4 is 4.74 Å². The summed E-state index contributed by atoms with van der Waals surface area (Å²) in [6, 6.07) is 1.33. The molecule has 1 aromatic heterocycles. The van der Waals surface area contributed by atoms with Gasteiger partial charge in [-0.3, -0.25) is 0 Å². The molecule has 6 heteroatoms. The number of hydrogen-bond acceptors (Lipinski definition) is 4. The summed E-state index contributed by atoms with van der Waals surface area (Å²) in [5, 5.41) is 8.97. The quantitative estimate of drug-likeness (QED) is 0.910. The minimum atomic E-state index is -1.06. The number of aromatic carboxylic acids is 1. The number of hydrogen-bond donors (Lipinski definition) is 1. The van der Waals surface area contributed by atoms with Crippen molar-refractivity contribution in [3.8, 4) is 5.88 Å². The molecule has 0 amide bonds. The number of ether oxygens (including phenoxy) is 2. The SMILES string of the molecule is O=C(O)c1cnc(OCC2CCCCO2)c(Cl)c1. The van der Waals surface area contributed by atoms with Crippen molar-refractivity contribution in [1.82, 2.24) is 4.98 Å². The Morgan fingerprint density at radius 2 is 2.44 bits per heavy atom. The highest BCUT2D eigenvalue weighted by Crippen LogP contribution is 2.23. The maximum absolute atomic E-state index is 10.7. The molecule has 1 saturated heterocycles. The lowest BCUT2D eigenvalue weighted by Crippen LogP contribution is -2.26. The zero-order chi connectivity index (χ0) is 13.0. The molecule has 2 heterocycles. The molecular weight excluding hydrogens is 258 g/mol. The van der Waals surface area contributed by atoms with Crippen LogP contribution in [0.5, 0.6) is 5.88 Å². The van der Waals surface area contributed by atoms with E-state index in [0.29, 0.717) is 6.61 Å². The van der Waals surface area contributed by atoms with Crippen molar-refractivity contribution in [2.75, 3.05) is 13.2 Å². The first kappa shape index (κ1) is 13.1. The highest BCUT2D eigenvalue weighted by molar-refractivity contribution is 6.32. The summed E-state index contributed by atoms with van der Waals surface area (Å²) < 4.78 is 11.0. The maximum atomic E-state index is 10.7. The summed E-state index contributed by atoms with van der Waals surface area (Å²) in [5.41, 5.74) is 0.0428. The molecule has 1 unspecified atom stereocenters. The predicted molar refractivity (Wildman–Crippen MR) is 65.3 cm³/mol. The molecule has 2 rings (SSSR count). The third kappa shape index (κ3) is 3.34. The van der Waals surface area contributed by atoms with Crippen LogP contribution in [-0.2, 0) is 4.74 Å². The molecule has 5 nitrogen and oxygen atoms in total. The fraction of sp³-hybridized carbons (Fsp3) is 0.500. The molecule has 1 aliphatic heterocycles. The van der Waals surface area contributed by atoms with E-state index in [-0.39, 0.29) is 22.6 Å². The third-order valence-electron chi connectivity index (χ3n) is 2.73. The van der Waals surface area contributed by atoms with Gasteiger partial charge in [0.25, 0.3) is 0 Å². The van der Waals surface area contributed by atoms with Crippen LogP contribution in [0.25, 0.3) is 0 Å². The molecule has 0 aromatic carbocycles. The number of aromatic nitrogens is 1. The van der Waals surface area contributed by atoms with Crippen LogP contribution >= 0.6 is 11.6 Å². The Kier molecular flexibility index (Phi) is 4.38. The first-order valence-corrected chi connectivity index (χ1v) is 6.18. The molecule has 0 saturated carbocycles. The first-order valence-electron chi connectivity index (χ1n) is 5.80. The molecule has 0 aliphatic carbocycles. The largest absolute Gasteiger partial charge is 0.478 e. The van der Waals surface area contributed by atoms with E-state index in [9.17, 15) is 4.79 Å². The summed E-state index contributed by atoms with van der Waals surface area (Å²) in [6.07, 6.45) is 4.47. The minimum Gasteiger partial charge on any atom is -0.478 e. The summed E-state index contributed by atoms with van der Waals surface area (Å²) in [6.45, 7) is 1.15. The monoisotopic (exact) mass is 271 g/mol. The molecule has 0 radical (unpaired) electrons. The molecule has 1 aromatic rings. The lowest BCUT2D eigenvalue weighted by Gasteiger charge is -2.22. The highest BCUT2D eigenvalue weighted by atomic mass is 35.5. The van der Waals surface area contributed by atoms with Crippen LogP contribution in [0.3, 0.4) is 0 Å². The fourth-order valence-corrected chi connectivity index (χ4v) is 1.98. The Morgan fingerprint density at radius 1 is 1.61 bits per heavy atom. The topological polar surface area (TPSA) is 68.7 Å². The predicted octanol–water partition coefficient (Wildman–Crippen LogP) is 2.38. The summed E-state index contributed by atoms with van der Waals surface area (Å²) in [7, 11) is 0. The van der Waals surface area contributed by atoms with Gasteiger partial charge in [-0.25, -0.2) is 9.78 Å². The summed E-state index contributed by atoms with van der Waals surface area (Å²) in [4.78, 5) is 14.6. The van der Waals surface area contributed by atoms with E-state index in [1.165, 1.54) is 12.3 Å². The summed E-state index contributed by atoms with van der Waals surface area (Å²) in [5.74, 6) is -0.817. The van der Waals surface area contributed by atoms with Gasteiger partial charge >= 0.3 is 5.97 Å². The van der Waals surface area contributed by atoms with Crippen molar-refractivity contribution < 1.29 is 19.4 Å². The third-order valence-corrected chi connectivity index (χ3v) is 3.01. The van der Waals surface area contributed by atoms with E-state index < -0.39 is 5.97 Å². The van der Waals surface area contributed by atoms with E-state index in [0.717, 1.165) is 25.9 Å². The Bertz CT molecular complexity index is 432. The van der Waals surface area contributed by atoms with Crippen molar-refractivity contribution in [3.05, 3.63) is 22.8 Å². The number of nitrogens with zero attached hydrogens (tertiary/aromatic N) is 1. The molecule has 18 heavy (non-hydrogen) atoms. The number of rotatable bonds is 4. The second-order valence-corrected chi connectivity index (χ2v) is 4.52. The van der Waals surface area contributed by atoms with Gasteiger partial charge in [0.15, 0.2) is 0 Å². The Morgan fingerprint density at radius 3 is 3.06 bits per heavy atom. The van der Waals surface area contributed by atoms with Gasteiger partial charge in [-0.1, -0.05) is 11.6 Å². The molecule has 1 atom stereocenters. The Labute approximate surface area is 110 Å². The van der Waals surface area contributed by atoms with Gasteiger partial charge in [-0.2, -0.15) is 0 Å². The van der Waals surface area contributed by atoms with Gasteiger partial charge < -0.3 is 14.6 Å². The molecule has 98 valence electrons. The normalized spacial score (nSPS) is 19.5. The van der Waals surface area contributed by atoms with Crippen molar-refractivity contribution in [2.24, 2.45) is 0 Å². The average Bonchev–Trinajstić information content (AvgIpc) is 2.38. The van der Waals surface area contributed by atoms with E-state index in [2.05, 4.69) is 4.98 Å². The van der Waals surface area contributed by atoms with Crippen LogP contribution in [0.4, 0.5) is 0 Å². The Hall–Kier alpha value is -1.33. The molecule has 1 N–H and O–H groups in total. The summed E-state index contributed by atoms with van der Waals surface area (Å²) >= 11 is 5.90. The van der Waals surface area contributed by atoms with Crippen LogP contribution in [0.15, 0.2) is 12.3 Å². The van der Waals surface area contributed by atoms with E-state index in [1.54, 1.807) is 0 Å². The number of carboxylic acid groups (broad SMARTS) is 1. The lowest BCUT2D eigenvalue weighted by molar-refractivity contribution is -0.0119. The van der Waals surface area contributed by atoms with Gasteiger partial charge in [0.1, 0.15) is 11.6 Å². The lowest BCUT2D eigenvalue weighted by atomic mass is 10.1. The van der Waals surface area contributed by atoms with Gasteiger partial charge in [0.05, 0.1) is 11.7 Å². The van der Waals surface area contributed by atoms with Crippen molar-refractivity contribution >= 4 is 17.6 Å². The van der Waals surface area contributed by atoms with E-state index in [1.807, 2.05) is 0 Å². The zero-order valence-corrected chi connectivity index (χ0v) is 10.5. The van der Waals surface area contributed by atoms with Gasteiger partial charge in [-0.15, -0.1) is 0 Å². The number of halogens is 1. The van der Waals surface area contributed by atoms with Crippen molar-refractivity contribution in [1.29, 1.82) is 0 Å². The zero-order valence-electron chi connectivity index (χ0n) is 9.76. The average molecular weight is 272 g/mol. The van der Waals surface area contributed by atoms with Crippen molar-refractivity contribution in [2.45, 2.75) is 25.4 Å². The van der Waals surface area contributed by atoms with Gasteiger partial charge in [-0.05, 0) is 25.3 Å². The molecule has 1 aliphatic rings. The second-order valence-electron chi connectivity index (χ2n) is 4.12.